The number of hydrogen-bond donors (Lipinski definition) is 2. The second-order valence-corrected chi connectivity index (χ2v) is 11.8. The molecule has 2 nitrogen and oxygen atoms in total. The van der Waals surface area contributed by atoms with Crippen LogP contribution in [-0.2, 0) is 10.8 Å². The lowest BCUT2D eigenvalue weighted by Crippen LogP contribution is -2.33. The lowest BCUT2D eigenvalue weighted by Gasteiger charge is -2.39. The van der Waals surface area contributed by atoms with E-state index in [-0.39, 0.29) is 0 Å². The van der Waals surface area contributed by atoms with Gasteiger partial charge < -0.3 is 11.5 Å². The fraction of sp³-hybridized carbons (Fsp3) is 0.0455. The summed E-state index contributed by atoms with van der Waals surface area (Å²) in [5.41, 5.74) is 22.2. The summed E-state index contributed by atoms with van der Waals surface area (Å²) < 4.78 is 0. The van der Waals surface area contributed by atoms with Crippen molar-refractivity contribution < 1.29 is 0 Å². The molecule has 0 atom stereocenters. The standard InChI is InChI=1S/C44H36N2/c45-41-29-25-39(26-30-41)43(33-13-5-1-6-14-33,34-15-7-2-8-16-34)37-21-23-38(24-22-37)44(35-17-9-3-10-18-35,36-19-11-4-12-20-36)40-27-31-42(46)32-28-40/h1-32H,45-46H2. The molecule has 7 aromatic carbocycles. The van der Waals surface area contributed by atoms with E-state index in [1.165, 1.54) is 33.4 Å². The van der Waals surface area contributed by atoms with Gasteiger partial charge in [-0.3, -0.25) is 0 Å². The quantitative estimate of drug-likeness (QED) is 0.136. The zero-order chi connectivity index (χ0) is 31.4. The topological polar surface area (TPSA) is 52.0 Å². The van der Waals surface area contributed by atoms with Crippen molar-refractivity contribution in [3.8, 4) is 0 Å². The normalized spacial score (nSPS) is 11.7. The van der Waals surface area contributed by atoms with Crippen LogP contribution < -0.4 is 11.5 Å². The van der Waals surface area contributed by atoms with Crippen molar-refractivity contribution in [1.82, 2.24) is 0 Å². The first-order valence-electron chi connectivity index (χ1n) is 15.7. The maximum Gasteiger partial charge on any atom is 0.0701 e. The lowest BCUT2D eigenvalue weighted by molar-refractivity contribution is 0.728. The van der Waals surface area contributed by atoms with Gasteiger partial charge >= 0.3 is 0 Å². The summed E-state index contributed by atoms with van der Waals surface area (Å²) in [5, 5.41) is 0. The molecule has 0 aliphatic heterocycles. The van der Waals surface area contributed by atoms with Gasteiger partial charge in [0.05, 0.1) is 10.8 Å². The Morgan fingerprint density at radius 1 is 0.217 bits per heavy atom. The molecule has 0 amide bonds. The largest absolute Gasteiger partial charge is 0.399 e. The SMILES string of the molecule is Nc1ccc(C(c2ccccc2)(c2ccccc2)c2ccc(C(c3ccccc3)(c3ccccc3)c3ccc(N)cc3)cc2)cc1. The second-order valence-electron chi connectivity index (χ2n) is 11.8. The summed E-state index contributed by atoms with van der Waals surface area (Å²) in [4.78, 5) is 0. The number of nitrogens with two attached hydrogens (primary N) is 2. The molecule has 0 radical (unpaired) electrons. The van der Waals surface area contributed by atoms with E-state index in [4.69, 9.17) is 11.5 Å². The molecule has 4 N–H and O–H groups in total. The lowest BCUT2D eigenvalue weighted by atomic mass is 9.63. The molecule has 46 heavy (non-hydrogen) atoms. The van der Waals surface area contributed by atoms with E-state index in [2.05, 4.69) is 170 Å². The fourth-order valence-electron chi connectivity index (χ4n) is 7.19. The Morgan fingerprint density at radius 2 is 0.391 bits per heavy atom. The van der Waals surface area contributed by atoms with E-state index in [9.17, 15) is 0 Å². The molecule has 2 heteroatoms. The second kappa shape index (κ2) is 12.3. The Morgan fingerprint density at radius 3 is 0.609 bits per heavy atom. The number of rotatable bonds is 8. The third-order valence-corrected chi connectivity index (χ3v) is 9.27. The molecule has 0 fully saturated rings. The van der Waals surface area contributed by atoms with Gasteiger partial charge in [0.1, 0.15) is 0 Å². The summed E-state index contributed by atoms with van der Waals surface area (Å²) in [6, 6.07) is 69.0. The summed E-state index contributed by atoms with van der Waals surface area (Å²) in [5.74, 6) is 0. The van der Waals surface area contributed by atoms with Crippen LogP contribution in [0, 0.1) is 0 Å². The van der Waals surface area contributed by atoms with Crippen LogP contribution in [0.1, 0.15) is 44.5 Å². The van der Waals surface area contributed by atoms with Crippen LogP contribution in [0.4, 0.5) is 11.4 Å². The molecule has 0 aromatic heterocycles. The predicted molar refractivity (Wildman–Crippen MR) is 192 cm³/mol. The summed E-state index contributed by atoms with van der Waals surface area (Å²) in [6.07, 6.45) is 0. The zero-order valence-electron chi connectivity index (χ0n) is 25.6. The first kappa shape index (κ1) is 28.9. The van der Waals surface area contributed by atoms with Gasteiger partial charge in [-0.15, -0.1) is 0 Å². The Balaban J connectivity index is 1.53. The highest BCUT2D eigenvalue weighted by Crippen LogP contribution is 2.48. The first-order chi connectivity index (χ1) is 22.6. The summed E-state index contributed by atoms with van der Waals surface area (Å²) >= 11 is 0. The number of benzene rings is 7. The number of anilines is 2. The molecule has 7 aromatic rings. The molecular weight excluding hydrogens is 556 g/mol. The van der Waals surface area contributed by atoms with Gasteiger partial charge in [0.2, 0.25) is 0 Å². The van der Waals surface area contributed by atoms with E-state index in [0.717, 1.165) is 22.5 Å². The molecule has 0 saturated carbocycles. The minimum Gasteiger partial charge on any atom is -0.399 e. The van der Waals surface area contributed by atoms with E-state index < -0.39 is 10.8 Å². The van der Waals surface area contributed by atoms with Crippen LogP contribution in [0.5, 0.6) is 0 Å². The van der Waals surface area contributed by atoms with Gasteiger partial charge in [0.25, 0.3) is 0 Å². The van der Waals surface area contributed by atoms with E-state index >= 15 is 0 Å². The van der Waals surface area contributed by atoms with Gasteiger partial charge in [-0.1, -0.05) is 170 Å². The van der Waals surface area contributed by atoms with Crippen LogP contribution >= 0.6 is 0 Å². The molecule has 0 unspecified atom stereocenters. The predicted octanol–water partition coefficient (Wildman–Crippen LogP) is 9.62. The third kappa shape index (κ3) is 4.85. The van der Waals surface area contributed by atoms with Crippen molar-refractivity contribution >= 4 is 11.4 Å². The summed E-state index contributed by atoms with van der Waals surface area (Å²) in [7, 11) is 0. The van der Waals surface area contributed by atoms with Crippen LogP contribution in [0.2, 0.25) is 0 Å². The van der Waals surface area contributed by atoms with Crippen molar-refractivity contribution in [3.05, 3.63) is 239 Å². The number of hydrogen-bond acceptors (Lipinski definition) is 2. The minimum absolute atomic E-state index is 0.571. The number of nitrogen functional groups attached to an aromatic ring is 2. The van der Waals surface area contributed by atoms with E-state index in [1.807, 2.05) is 24.3 Å². The summed E-state index contributed by atoms with van der Waals surface area (Å²) in [6.45, 7) is 0. The van der Waals surface area contributed by atoms with Crippen molar-refractivity contribution in [3.63, 3.8) is 0 Å². The average Bonchev–Trinajstić information content (AvgIpc) is 3.13. The molecule has 0 aliphatic rings. The average molecular weight is 593 g/mol. The van der Waals surface area contributed by atoms with Crippen molar-refractivity contribution in [2.24, 2.45) is 0 Å². The van der Waals surface area contributed by atoms with Gasteiger partial charge in [-0.2, -0.15) is 0 Å². The molecule has 222 valence electrons. The highest BCUT2D eigenvalue weighted by molar-refractivity contribution is 5.64. The van der Waals surface area contributed by atoms with Crippen molar-refractivity contribution in [2.45, 2.75) is 10.8 Å². The molecular formula is C44H36N2. The molecule has 0 saturated heterocycles. The Hall–Kier alpha value is -5.86. The van der Waals surface area contributed by atoms with Gasteiger partial charge in [0, 0.05) is 11.4 Å². The molecule has 0 heterocycles. The molecule has 7 rings (SSSR count). The van der Waals surface area contributed by atoms with Crippen LogP contribution in [0.25, 0.3) is 0 Å². The molecule has 0 spiro atoms. The van der Waals surface area contributed by atoms with Crippen LogP contribution in [0.3, 0.4) is 0 Å². The Bertz CT molecular complexity index is 1770. The van der Waals surface area contributed by atoms with Gasteiger partial charge in [-0.05, 0) is 68.8 Å². The highest BCUT2D eigenvalue weighted by Gasteiger charge is 2.41. The highest BCUT2D eigenvalue weighted by atomic mass is 14.5. The van der Waals surface area contributed by atoms with Gasteiger partial charge in [-0.25, -0.2) is 0 Å². The van der Waals surface area contributed by atoms with Gasteiger partial charge in [0.15, 0.2) is 0 Å². The molecule has 0 aliphatic carbocycles. The fourth-order valence-corrected chi connectivity index (χ4v) is 7.19. The van der Waals surface area contributed by atoms with Crippen molar-refractivity contribution in [1.29, 1.82) is 0 Å². The first-order valence-corrected chi connectivity index (χ1v) is 15.7. The minimum atomic E-state index is -0.571. The maximum atomic E-state index is 6.22. The van der Waals surface area contributed by atoms with E-state index in [0.29, 0.717) is 0 Å². The molecule has 0 bridgehead atoms. The van der Waals surface area contributed by atoms with Crippen molar-refractivity contribution in [2.75, 3.05) is 11.5 Å². The maximum absolute atomic E-state index is 6.22. The van der Waals surface area contributed by atoms with Crippen LogP contribution in [0.15, 0.2) is 194 Å². The Kier molecular flexibility index (Phi) is 7.70. The Labute approximate surface area is 271 Å². The monoisotopic (exact) mass is 592 g/mol. The zero-order valence-corrected chi connectivity index (χ0v) is 25.6. The van der Waals surface area contributed by atoms with Crippen LogP contribution in [-0.4, -0.2) is 0 Å². The smallest absolute Gasteiger partial charge is 0.0701 e. The van der Waals surface area contributed by atoms with E-state index in [1.54, 1.807) is 0 Å². The third-order valence-electron chi connectivity index (χ3n) is 9.27.